The standard InChI is InChI=1S/C17H28N6O/c1-12(2)21-16-14-9-23(13-5-4-7-18-8-6-13)15(24)10-22(3)17(14)20-11-19-16/h11-13,18H,4-10H2,1-3H3,(H,19,20,21). The molecule has 132 valence electrons. The number of hydrogen-bond donors (Lipinski definition) is 2. The summed E-state index contributed by atoms with van der Waals surface area (Å²) in [6.07, 6.45) is 4.75. The van der Waals surface area contributed by atoms with E-state index in [9.17, 15) is 4.79 Å². The highest BCUT2D eigenvalue weighted by Crippen LogP contribution is 2.30. The van der Waals surface area contributed by atoms with Gasteiger partial charge in [-0.1, -0.05) is 0 Å². The molecule has 0 saturated carbocycles. The van der Waals surface area contributed by atoms with E-state index in [0.29, 0.717) is 19.1 Å². The van der Waals surface area contributed by atoms with Crippen molar-refractivity contribution in [3.63, 3.8) is 0 Å². The Kier molecular flexibility index (Phi) is 5.18. The molecular formula is C17H28N6O. The van der Waals surface area contributed by atoms with Crippen molar-refractivity contribution in [2.24, 2.45) is 0 Å². The van der Waals surface area contributed by atoms with Crippen molar-refractivity contribution < 1.29 is 4.79 Å². The van der Waals surface area contributed by atoms with Crippen LogP contribution in [-0.4, -0.2) is 59.5 Å². The molecule has 7 nitrogen and oxygen atoms in total. The van der Waals surface area contributed by atoms with Crippen LogP contribution in [0.3, 0.4) is 0 Å². The molecule has 0 aromatic carbocycles. The fourth-order valence-corrected chi connectivity index (χ4v) is 3.55. The average molecular weight is 332 g/mol. The van der Waals surface area contributed by atoms with E-state index in [0.717, 1.165) is 49.6 Å². The first kappa shape index (κ1) is 17.0. The number of aromatic nitrogens is 2. The third-order valence-electron chi connectivity index (χ3n) is 4.72. The van der Waals surface area contributed by atoms with Crippen LogP contribution in [0.25, 0.3) is 0 Å². The normalized spacial score (nSPS) is 22.2. The zero-order valence-electron chi connectivity index (χ0n) is 14.9. The van der Waals surface area contributed by atoms with E-state index in [1.807, 2.05) is 16.8 Å². The van der Waals surface area contributed by atoms with E-state index in [4.69, 9.17) is 0 Å². The molecule has 7 heteroatoms. The summed E-state index contributed by atoms with van der Waals surface area (Å²) >= 11 is 0. The number of nitrogens with one attached hydrogen (secondary N) is 2. The molecule has 2 N–H and O–H groups in total. The van der Waals surface area contributed by atoms with Gasteiger partial charge in [-0.05, 0) is 46.2 Å². The lowest BCUT2D eigenvalue weighted by Crippen LogP contribution is -2.43. The summed E-state index contributed by atoms with van der Waals surface area (Å²) in [7, 11) is 1.93. The Morgan fingerprint density at radius 1 is 1.25 bits per heavy atom. The SMILES string of the molecule is CC(C)Nc1ncnc2c1CN(C1CCCNCC1)C(=O)CN2C. The van der Waals surface area contributed by atoms with Crippen molar-refractivity contribution >= 4 is 17.5 Å². The van der Waals surface area contributed by atoms with Gasteiger partial charge >= 0.3 is 0 Å². The van der Waals surface area contributed by atoms with Crippen LogP contribution < -0.4 is 15.5 Å². The lowest BCUT2D eigenvalue weighted by atomic mass is 10.1. The number of nitrogens with zero attached hydrogens (tertiary/aromatic N) is 4. The average Bonchev–Trinajstić information content (AvgIpc) is 2.86. The number of likely N-dealkylation sites (N-methyl/N-ethyl adjacent to an activating group) is 1. The van der Waals surface area contributed by atoms with E-state index < -0.39 is 0 Å². The second-order valence-electron chi connectivity index (χ2n) is 7.04. The van der Waals surface area contributed by atoms with Gasteiger partial charge in [0.05, 0.1) is 18.7 Å². The lowest BCUT2D eigenvalue weighted by Gasteiger charge is -2.30. The fourth-order valence-electron chi connectivity index (χ4n) is 3.55. The van der Waals surface area contributed by atoms with Crippen LogP contribution >= 0.6 is 0 Å². The van der Waals surface area contributed by atoms with Gasteiger partial charge in [-0.15, -0.1) is 0 Å². The van der Waals surface area contributed by atoms with Crippen molar-refractivity contribution in [2.75, 3.05) is 36.9 Å². The molecule has 0 radical (unpaired) electrons. The van der Waals surface area contributed by atoms with Crippen LogP contribution in [0.1, 0.15) is 38.7 Å². The Balaban J connectivity index is 1.93. The maximum Gasteiger partial charge on any atom is 0.242 e. The first-order chi connectivity index (χ1) is 11.6. The minimum atomic E-state index is 0.179. The topological polar surface area (TPSA) is 73.4 Å². The van der Waals surface area contributed by atoms with E-state index in [2.05, 4.69) is 34.4 Å². The molecule has 2 aliphatic rings. The lowest BCUT2D eigenvalue weighted by molar-refractivity contribution is -0.132. The van der Waals surface area contributed by atoms with Gasteiger partial charge in [-0.3, -0.25) is 4.79 Å². The van der Waals surface area contributed by atoms with Gasteiger partial charge in [0.2, 0.25) is 5.91 Å². The number of rotatable bonds is 3. The van der Waals surface area contributed by atoms with Crippen LogP contribution in [0.15, 0.2) is 6.33 Å². The van der Waals surface area contributed by atoms with Gasteiger partial charge in [0.1, 0.15) is 18.0 Å². The van der Waals surface area contributed by atoms with Crippen LogP contribution in [-0.2, 0) is 11.3 Å². The zero-order chi connectivity index (χ0) is 17.1. The van der Waals surface area contributed by atoms with Gasteiger partial charge in [0.25, 0.3) is 0 Å². The second-order valence-corrected chi connectivity index (χ2v) is 7.04. The summed E-state index contributed by atoms with van der Waals surface area (Å²) in [5.74, 6) is 1.88. The first-order valence-corrected chi connectivity index (χ1v) is 8.88. The molecule has 1 aromatic rings. The van der Waals surface area contributed by atoms with Crippen LogP contribution in [0.5, 0.6) is 0 Å². The fraction of sp³-hybridized carbons (Fsp3) is 0.706. The van der Waals surface area contributed by atoms with Crippen LogP contribution in [0, 0.1) is 0 Å². The summed E-state index contributed by atoms with van der Waals surface area (Å²) in [4.78, 5) is 25.7. The van der Waals surface area contributed by atoms with Crippen molar-refractivity contribution in [3.05, 3.63) is 11.9 Å². The van der Waals surface area contributed by atoms with Gasteiger partial charge in [-0.2, -0.15) is 0 Å². The molecule has 1 atom stereocenters. The predicted octanol–water partition coefficient (Wildman–Crippen LogP) is 1.22. The smallest absolute Gasteiger partial charge is 0.242 e. The molecule has 1 amide bonds. The molecule has 1 saturated heterocycles. The zero-order valence-corrected chi connectivity index (χ0v) is 14.9. The second kappa shape index (κ2) is 7.34. The number of carbonyl (C=O) groups is 1. The predicted molar refractivity (Wildman–Crippen MR) is 95.1 cm³/mol. The number of carbonyl (C=O) groups excluding carboxylic acids is 1. The number of anilines is 2. The molecule has 1 fully saturated rings. The summed E-state index contributed by atoms with van der Waals surface area (Å²) in [6, 6.07) is 0.572. The molecule has 24 heavy (non-hydrogen) atoms. The molecule has 0 bridgehead atoms. The Bertz CT molecular complexity index is 582. The Hall–Kier alpha value is -1.89. The Morgan fingerprint density at radius 2 is 2.08 bits per heavy atom. The number of amides is 1. The maximum absolute atomic E-state index is 12.8. The van der Waals surface area contributed by atoms with Gasteiger partial charge in [0, 0.05) is 19.1 Å². The highest BCUT2D eigenvalue weighted by Gasteiger charge is 2.31. The molecule has 3 rings (SSSR count). The van der Waals surface area contributed by atoms with Gasteiger partial charge in [-0.25, -0.2) is 9.97 Å². The third-order valence-corrected chi connectivity index (χ3v) is 4.72. The quantitative estimate of drug-likeness (QED) is 0.867. The molecule has 3 heterocycles. The van der Waals surface area contributed by atoms with E-state index in [1.54, 1.807) is 6.33 Å². The summed E-state index contributed by atoms with van der Waals surface area (Å²) < 4.78 is 0. The molecule has 2 aliphatic heterocycles. The first-order valence-electron chi connectivity index (χ1n) is 8.88. The molecule has 0 spiro atoms. The third kappa shape index (κ3) is 3.61. The summed E-state index contributed by atoms with van der Waals surface area (Å²) in [6.45, 7) is 7.15. The monoisotopic (exact) mass is 332 g/mol. The van der Waals surface area contributed by atoms with Gasteiger partial charge in [0.15, 0.2) is 0 Å². The summed E-state index contributed by atoms with van der Waals surface area (Å²) in [5.41, 5.74) is 1.02. The Morgan fingerprint density at radius 3 is 2.88 bits per heavy atom. The minimum absolute atomic E-state index is 0.179. The largest absolute Gasteiger partial charge is 0.367 e. The van der Waals surface area contributed by atoms with Crippen LogP contribution in [0.2, 0.25) is 0 Å². The van der Waals surface area contributed by atoms with Gasteiger partial charge < -0.3 is 20.4 Å². The number of fused-ring (bicyclic) bond motifs is 1. The summed E-state index contributed by atoms with van der Waals surface area (Å²) in [5, 5.41) is 6.83. The highest BCUT2D eigenvalue weighted by atomic mass is 16.2. The van der Waals surface area contributed by atoms with Crippen LogP contribution in [0.4, 0.5) is 11.6 Å². The highest BCUT2D eigenvalue weighted by molar-refractivity contribution is 5.83. The molecular weight excluding hydrogens is 304 g/mol. The van der Waals surface area contributed by atoms with Crippen molar-refractivity contribution in [2.45, 2.75) is 51.7 Å². The van der Waals surface area contributed by atoms with E-state index >= 15 is 0 Å². The van der Waals surface area contributed by atoms with E-state index in [-0.39, 0.29) is 11.9 Å². The maximum atomic E-state index is 12.8. The minimum Gasteiger partial charge on any atom is -0.367 e. The van der Waals surface area contributed by atoms with E-state index in [1.165, 1.54) is 0 Å². The molecule has 1 aromatic heterocycles. The number of hydrogen-bond acceptors (Lipinski definition) is 6. The Labute approximate surface area is 143 Å². The molecule has 1 unspecified atom stereocenters. The van der Waals surface area contributed by atoms with Crippen molar-refractivity contribution in [3.8, 4) is 0 Å². The van der Waals surface area contributed by atoms with Crippen molar-refractivity contribution in [1.29, 1.82) is 0 Å². The molecule has 0 aliphatic carbocycles. The van der Waals surface area contributed by atoms with Crippen molar-refractivity contribution in [1.82, 2.24) is 20.2 Å².